The standard InChI is InChI=1S/C58H98N10O24/c1-36(2)49(56(85)65-40(10-8-20-62-57(59)86)54(83)63-38-14-12-37(13-15-38)35-92-58(60)87)66-55(84)39(64-46(76)11-4-3-7-21-68-47(77)16-17-48(68)78)9-5-6-19-61-45(75)18-23-88-25-27-90-29-30-91-28-26-89-24-22-67(31-41(71)50(79)52(81)43(73)33-69)32-42(72)51(80)53(82)44(74)34-70/h12-17,36,39-44,49-53,69-74,79-82H,3-11,18-35H2,1-2H3,(H2,60,87)(H,61,75)(H,63,83)(H,64,76)(H,65,85)(H,66,84)(H3,59,62,86)/t39-,40-,41-,42-,43+,44+,49-,50+,51+,52+,53+/m0/s1. The fourth-order valence-corrected chi connectivity index (χ4v) is 8.86. The Morgan fingerprint density at radius 2 is 1.05 bits per heavy atom. The molecular formula is C58H98N10O24. The number of nitrogens with one attached hydrogen (secondary N) is 6. The van der Waals surface area contributed by atoms with Gasteiger partial charge in [-0.3, -0.25) is 43.4 Å². The van der Waals surface area contributed by atoms with Crippen molar-refractivity contribution in [3.8, 4) is 0 Å². The van der Waals surface area contributed by atoms with Gasteiger partial charge in [0.1, 0.15) is 61.4 Å². The van der Waals surface area contributed by atoms with Crippen molar-refractivity contribution >= 4 is 59.2 Å². The molecule has 0 spiro atoms. The van der Waals surface area contributed by atoms with Crippen LogP contribution in [0.2, 0.25) is 0 Å². The average Bonchev–Trinajstić information content (AvgIpc) is 1.31. The molecule has 10 amide bonds. The highest BCUT2D eigenvalue weighted by Crippen LogP contribution is 2.16. The van der Waals surface area contributed by atoms with Crippen molar-refractivity contribution in [1.29, 1.82) is 0 Å². The molecule has 92 heavy (non-hydrogen) atoms. The van der Waals surface area contributed by atoms with Crippen LogP contribution in [0.3, 0.4) is 0 Å². The van der Waals surface area contributed by atoms with Crippen LogP contribution in [0.1, 0.15) is 83.6 Å². The lowest BCUT2D eigenvalue weighted by Crippen LogP contribution is -2.57. The highest BCUT2D eigenvalue weighted by atomic mass is 16.6. The minimum absolute atomic E-state index is 0.00389. The van der Waals surface area contributed by atoms with Gasteiger partial charge >= 0.3 is 12.1 Å². The van der Waals surface area contributed by atoms with Crippen molar-refractivity contribution in [2.45, 2.75) is 152 Å². The van der Waals surface area contributed by atoms with E-state index in [1.165, 1.54) is 17.1 Å². The molecule has 34 nitrogen and oxygen atoms in total. The number of aliphatic hydroxyl groups is 10. The number of carbonyl (C=O) groups excluding carboxylic acids is 9. The van der Waals surface area contributed by atoms with E-state index in [0.717, 1.165) is 4.90 Å². The van der Waals surface area contributed by atoms with Crippen LogP contribution in [-0.4, -0.2) is 287 Å². The number of hydrogen-bond donors (Lipinski definition) is 18. The summed E-state index contributed by atoms with van der Waals surface area (Å²) < 4.78 is 26.8. The number of unbranched alkanes of at least 4 members (excludes halogenated alkanes) is 3. The summed E-state index contributed by atoms with van der Waals surface area (Å²) in [6.45, 7) is 1.96. The molecule has 1 aliphatic heterocycles. The molecule has 1 aromatic carbocycles. The third-order valence-corrected chi connectivity index (χ3v) is 14.2. The molecule has 34 heteroatoms. The van der Waals surface area contributed by atoms with Crippen LogP contribution < -0.4 is 43.4 Å². The summed E-state index contributed by atoms with van der Waals surface area (Å²) in [4.78, 5) is 116. The van der Waals surface area contributed by atoms with Gasteiger partial charge in [-0.25, -0.2) is 9.59 Å². The lowest BCUT2D eigenvalue weighted by Gasteiger charge is -2.33. The van der Waals surface area contributed by atoms with Crippen molar-refractivity contribution in [3.05, 3.63) is 42.0 Å². The van der Waals surface area contributed by atoms with E-state index in [-0.39, 0.29) is 124 Å². The summed E-state index contributed by atoms with van der Waals surface area (Å²) in [5.41, 5.74) is 11.2. The second-order valence-electron chi connectivity index (χ2n) is 22.0. The molecule has 2 rings (SSSR count). The average molecular weight is 1320 g/mol. The van der Waals surface area contributed by atoms with E-state index in [1.54, 1.807) is 38.1 Å². The van der Waals surface area contributed by atoms with Crippen molar-refractivity contribution < 1.29 is 118 Å². The zero-order valence-corrected chi connectivity index (χ0v) is 52.2. The van der Waals surface area contributed by atoms with Gasteiger partial charge in [0.2, 0.25) is 29.5 Å². The largest absolute Gasteiger partial charge is 0.445 e. The number of benzene rings is 1. The Morgan fingerprint density at radius 3 is 1.59 bits per heavy atom. The van der Waals surface area contributed by atoms with E-state index in [9.17, 15) is 84.0 Å². The molecule has 0 saturated heterocycles. The molecule has 11 atom stereocenters. The second-order valence-corrected chi connectivity index (χ2v) is 22.0. The lowest BCUT2D eigenvalue weighted by molar-refractivity contribution is -0.137. The van der Waals surface area contributed by atoms with Gasteiger partial charge in [-0.15, -0.1) is 0 Å². The number of imide groups is 1. The predicted molar refractivity (Wildman–Crippen MR) is 325 cm³/mol. The van der Waals surface area contributed by atoms with Crippen molar-refractivity contribution in [2.24, 2.45) is 17.4 Å². The zero-order valence-electron chi connectivity index (χ0n) is 52.2. The highest BCUT2D eigenvalue weighted by Gasteiger charge is 2.35. The second kappa shape index (κ2) is 46.5. The Balaban J connectivity index is 1.87. The smallest absolute Gasteiger partial charge is 0.404 e. The van der Waals surface area contributed by atoms with Gasteiger partial charge in [0, 0.05) is 69.9 Å². The number of aliphatic hydroxyl groups excluding tert-OH is 10. The number of nitrogens with zero attached hydrogens (tertiary/aromatic N) is 2. The van der Waals surface area contributed by atoms with Gasteiger partial charge in [0.15, 0.2) is 0 Å². The summed E-state index contributed by atoms with van der Waals surface area (Å²) in [5, 5.41) is 115. The van der Waals surface area contributed by atoms with E-state index in [4.69, 9.17) is 45.4 Å². The zero-order chi connectivity index (χ0) is 68.5. The lowest BCUT2D eigenvalue weighted by atomic mass is 10.0. The predicted octanol–water partition coefficient (Wildman–Crippen LogP) is -5.82. The van der Waals surface area contributed by atoms with Crippen LogP contribution in [0.25, 0.3) is 0 Å². The molecule has 1 heterocycles. The van der Waals surface area contributed by atoms with Gasteiger partial charge in [-0.2, -0.15) is 0 Å². The van der Waals surface area contributed by atoms with Crippen LogP contribution in [0.5, 0.6) is 0 Å². The van der Waals surface area contributed by atoms with Gasteiger partial charge in [-0.1, -0.05) is 32.4 Å². The highest BCUT2D eigenvalue weighted by molar-refractivity contribution is 6.12. The molecule has 0 aliphatic carbocycles. The summed E-state index contributed by atoms with van der Waals surface area (Å²) >= 11 is 0. The minimum Gasteiger partial charge on any atom is -0.445 e. The SMILES string of the molecule is CC(C)[C@H](NC(=O)[C@H](CCCCNC(=O)CCOCCOCCOCCOCCN(C[C@H](O)[C@@H](O)[C@H](O)[C@H](O)CO)C[C@H](O)[C@@H](O)[C@H](O)[C@H](O)CO)NC(=O)CCCCCN1C(=O)C=CC1=O)C(=O)N[C@@H](CCCNC(N)=O)C(=O)Nc1ccc(COC(N)=O)cc1. The third-order valence-electron chi connectivity index (χ3n) is 14.2. The maximum absolute atomic E-state index is 14.1. The summed E-state index contributed by atoms with van der Waals surface area (Å²) in [7, 11) is 0. The van der Waals surface area contributed by atoms with E-state index >= 15 is 0 Å². The number of ether oxygens (including phenoxy) is 5. The third kappa shape index (κ3) is 33.8. The molecule has 20 N–H and O–H groups in total. The summed E-state index contributed by atoms with van der Waals surface area (Å²) in [5.74, 6) is -4.16. The molecule has 0 aromatic heterocycles. The van der Waals surface area contributed by atoms with Crippen molar-refractivity contribution in [1.82, 2.24) is 36.4 Å². The van der Waals surface area contributed by atoms with Gasteiger partial charge in [0.05, 0.1) is 78.3 Å². The molecule has 524 valence electrons. The Hall–Kier alpha value is -6.61. The normalized spacial score (nSPS) is 16.0. The molecule has 0 fully saturated rings. The number of anilines is 1. The maximum atomic E-state index is 14.1. The van der Waals surface area contributed by atoms with Crippen molar-refractivity contribution in [2.75, 3.05) is 111 Å². The number of rotatable bonds is 52. The van der Waals surface area contributed by atoms with Crippen LogP contribution in [0.15, 0.2) is 36.4 Å². The monoisotopic (exact) mass is 1320 g/mol. The number of carbonyl (C=O) groups is 9. The first-order valence-corrected chi connectivity index (χ1v) is 30.5. The van der Waals surface area contributed by atoms with E-state index < -0.39 is 147 Å². The summed E-state index contributed by atoms with van der Waals surface area (Å²) in [6, 6.07) is 1.98. The van der Waals surface area contributed by atoms with Gasteiger partial charge < -0.3 is 118 Å². The Labute approximate surface area is 533 Å². The van der Waals surface area contributed by atoms with Gasteiger partial charge in [0.25, 0.3) is 11.8 Å². The molecule has 1 aliphatic rings. The van der Waals surface area contributed by atoms with E-state index in [0.29, 0.717) is 43.4 Å². The molecule has 0 saturated carbocycles. The number of amides is 10. The quantitative estimate of drug-likeness (QED) is 0.0213. The minimum atomic E-state index is -1.93. The topological polar surface area (TPSA) is 533 Å². The molecule has 0 unspecified atom stereocenters. The Bertz CT molecular complexity index is 2350. The van der Waals surface area contributed by atoms with Crippen LogP contribution >= 0.6 is 0 Å². The Kier molecular flexibility index (Phi) is 41.1. The number of nitrogens with two attached hydrogens (primary N) is 2. The molecule has 1 aromatic rings. The van der Waals surface area contributed by atoms with Crippen molar-refractivity contribution in [3.63, 3.8) is 0 Å². The molecule has 0 bridgehead atoms. The fourth-order valence-electron chi connectivity index (χ4n) is 8.86. The summed E-state index contributed by atoms with van der Waals surface area (Å²) in [6.07, 6.45) is -10.9. The van der Waals surface area contributed by atoms with Crippen LogP contribution in [0.4, 0.5) is 15.3 Å². The molecular weight excluding hydrogens is 1220 g/mol. The maximum Gasteiger partial charge on any atom is 0.404 e. The first kappa shape index (κ1) is 81.5. The number of hydrogen-bond acceptors (Lipinski definition) is 25. The van der Waals surface area contributed by atoms with Gasteiger partial charge in [-0.05, 0) is 68.6 Å². The first-order valence-electron chi connectivity index (χ1n) is 30.5. The number of primary amides is 2. The number of urea groups is 1. The van der Waals surface area contributed by atoms with E-state index in [2.05, 4.69) is 31.9 Å². The van der Waals surface area contributed by atoms with Crippen LogP contribution in [-0.2, 0) is 63.9 Å². The Morgan fingerprint density at radius 1 is 0.543 bits per heavy atom. The fraction of sp³-hybridized carbons (Fsp3) is 0.707. The first-order chi connectivity index (χ1) is 43.8. The van der Waals surface area contributed by atoms with E-state index in [1.807, 2.05) is 0 Å². The van der Waals surface area contributed by atoms with Crippen LogP contribution in [0, 0.1) is 5.92 Å². The molecule has 0 radical (unpaired) electrons.